The van der Waals surface area contributed by atoms with Gasteiger partial charge in [0.2, 0.25) is 15.7 Å². The van der Waals surface area contributed by atoms with Crippen LogP contribution in [0, 0.1) is 5.92 Å². The fourth-order valence-electron chi connectivity index (χ4n) is 2.93. The van der Waals surface area contributed by atoms with Crippen LogP contribution in [0.1, 0.15) is 47.5 Å². The predicted molar refractivity (Wildman–Crippen MR) is 107 cm³/mol. The van der Waals surface area contributed by atoms with E-state index in [0.717, 1.165) is 24.4 Å². The minimum absolute atomic E-state index is 0.0660. The van der Waals surface area contributed by atoms with Crippen LogP contribution in [0.4, 0.5) is 5.00 Å². The zero-order valence-electron chi connectivity index (χ0n) is 16.1. The maximum atomic E-state index is 12.8. The molecule has 0 saturated carbocycles. The Morgan fingerprint density at radius 1 is 1.24 bits per heavy atom. The van der Waals surface area contributed by atoms with Crippen molar-refractivity contribution < 1.29 is 22.7 Å². The lowest BCUT2D eigenvalue weighted by molar-refractivity contribution is 0.0520. The standard InChI is InChI=1S/C18H22N4O5S2/c1-3-27-18(24)15-17(28-21-20-15)19-16(23)13-4-6-14(7-5-13)29(25,26)22-10-8-12(2)9-11-22/h4-7,12H,3,8-11H2,1-2H3,(H,19,23). The van der Waals surface area contributed by atoms with Gasteiger partial charge in [0.15, 0.2) is 5.00 Å². The van der Waals surface area contributed by atoms with Crippen LogP contribution in [-0.2, 0) is 14.8 Å². The van der Waals surface area contributed by atoms with Gasteiger partial charge in [-0.05, 0) is 49.9 Å². The summed E-state index contributed by atoms with van der Waals surface area (Å²) in [5.74, 6) is -0.653. The first-order valence-corrected chi connectivity index (χ1v) is 11.4. The van der Waals surface area contributed by atoms with E-state index in [2.05, 4.69) is 21.8 Å². The Bertz CT molecular complexity index is 980. The Morgan fingerprint density at radius 3 is 2.52 bits per heavy atom. The number of ether oxygens (including phenoxy) is 1. The van der Waals surface area contributed by atoms with Crippen molar-refractivity contribution in [1.29, 1.82) is 0 Å². The molecule has 11 heteroatoms. The van der Waals surface area contributed by atoms with Crippen LogP contribution in [0.5, 0.6) is 0 Å². The zero-order valence-corrected chi connectivity index (χ0v) is 17.8. The summed E-state index contributed by atoms with van der Waals surface area (Å²) in [5, 5.41) is 6.42. The number of anilines is 1. The Kier molecular flexibility index (Phi) is 6.60. The number of benzene rings is 1. The van der Waals surface area contributed by atoms with Crippen molar-refractivity contribution in [2.75, 3.05) is 25.0 Å². The molecule has 0 aliphatic carbocycles. The molecule has 9 nitrogen and oxygen atoms in total. The van der Waals surface area contributed by atoms with E-state index in [4.69, 9.17) is 4.74 Å². The lowest BCUT2D eigenvalue weighted by Crippen LogP contribution is -2.37. The average Bonchev–Trinajstić information content (AvgIpc) is 3.17. The Labute approximate surface area is 173 Å². The minimum atomic E-state index is -3.58. The zero-order chi connectivity index (χ0) is 21.0. The molecule has 1 fully saturated rings. The fraction of sp³-hybridized carbons (Fsp3) is 0.444. The minimum Gasteiger partial charge on any atom is -0.461 e. The highest BCUT2D eigenvalue weighted by Crippen LogP contribution is 2.24. The fourth-order valence-corrected chi connectivity index (χ4v) is 4.96. The SMILES string of the molecule is CCOC(=O)c1nnsc1NC(=O)c1ccc(S(=O)(=O)N2CCC(C)CC2)cc1. The van der Waals surface area contributed by atoms with E-state index >= 15 is 0 Å². The Morgan fingerprint density at radius 2 is 1.90 bits per heavy atom. The van der Waals surface area contributed by atoms with Crippen LogP contribution in [0.3, 0.4) is 0 Å². The molecule has 0 radical (unpaired) electrons. The number of piperidine rings is 1. The number of nitrogens with one attached hydrogen (secondary N) is 1. The second-order valence-electron chi connectivity index (χ2n) is 6.74. The summed E-state index contributed by atoms with van der Waals surface area (Å²) in [6, 6.07) is 5.71. The van der Waals surface area contributed by atoms with Crippen LogP contribution in [-0.4, -0.2) is 53.9 Å². The van der Waals surface area contributed by atoms with E-state index in [-0.39, 0.29) is 27.8 Å². The maximum Gasteiger partial charge on any atom is 0.362 e. The van der Waals surface area contributed by atoms with Crippen LogP contribution >= 0.6 is 11.5 Å². The summed E-state index contributed by atoms with van der Waals surface area (Å²) >= 11 is 0.857. The van der Waals surface area contributed by atoms with E-state index in [1.54, 1.807) is 6.92 Å². The Hall–Kier alpha value is -2.37. The molecule has 1 amide bonds. The van der Waals surface area contributed by atoms with Crippen molar-refractivity contribution in [2.45, 2.75) is 31.6 Å². The molecule has 1 aliphatic rings. The third-order valence-electron chi connectivity index (χ3n) is 4.68. The van der Waals surface area contributed by atoms with Crippen LogP contribution < -0.4 is 5.32 Å². The van der Waals surface area contributed by atoms with Crippen molar-refractivity contribution in [1.82, 2.24) is 13.9 Å². The average molecular weight is 439 g/mol. The van der Waals surface area contributed by atoms with Gasteiger partial charge in [-0.15, -0.1) is 5.10 Å². The molecule has 3 rings (SSSR count). The van der Waals surface area contributed by atoms with Gasteiger partial charge >= 0.3 is 5.97 Å². The molecule has 0 bridgehead atoms. The summed E-state index contributed by atoms with van der Waals surface area (Å²) in [6.45, 7) is 4.95. The molecule has 156 valence electrons. The Balaban J connectivity index is 1.71. The molecular weight excluding hydrogens is 416 g/mol. The summed E-state index contributed by atoms with van der Waals surface area (Å²) in [5.41, 5.74) is 0.183. The van der Waals surface area contributed by atoms with Gasteiger partial charge < -0.3 is 10.1 Å². The monoisotopic (exact) mass is 438 g/mol. The highest BCUT2D eigenvalue weighted by molar-refractivity contribution is 7.89. The lowest BCUT2D eigenvalue weighted by atomic mass is 10.0. The van der Waals surface area contributed by atoms with Gasteiger partial charge in [-0.25, -0.2) is 13.2 Å². The molecule has 1 aromatic carbocycles. The van der Waals surface area contributed by atoms with Gasteiger partial charge in [0.1, 0.15) is 0 Å². The molecule has 1 aliphatic heterocycles. The smallest absolute Gasteiger partial charge is 0.362 e. The van der Waals surface area contributed by atoms with E-state index < -0.39 is 21.9 Å². The van der Waals surface area contributed by atoms with Crippen LogP contribution in [0.25, 0.3) is 0 Å². The normalized spacial score (nSPS) is 15.8. The number of carbonyl (C=O) groups is 2. The van der Waals surface area contributed by atoms with Gasteiger partial charge in [-0.1, -0.05) is 11.4 Å². The predicted octanol–water partition coefficient (Wildman–Crippen LogP) is 2.39. The molecule has 0 atom stereocenters. The number of nitrogens with zero attached hydrogens (tertiary/aromatic N) is 3. The van der Waals surface area contributed by atoms with Gasteiger partial charge in [0, 0.05) is 30.2 Å². The van der Waals surface area contributed by atoms with E-state index in [1.807, 2.05) is 0 Å². The van der Waals surface area contributed by atoms with E-state index in [9.17, 15) is 18.0 Å². The molecule has 0 spiro atoms. The van der Waals surface area contributed by atoms with E-state index in [0.29, 0.717) is 19.0 Å². The van der Waals surface area contributed by atoms with Crippen molar-refractivity contribution in [3.05, 3.63) is 35.5 Å². The van der Waals surface area contributed by atoms with Gasteiger partial charge in [-0.2, -0.15) is 4.31 Å². The quantitative estimate of drug-likeness (QED) is 0.688. The summed E-state index contributed by atoms with van der Waals surface area (Å²) < 4.78 is 35.6. The molecule has 29 heavy (non-hydrogen) atoms. The first-order chi connectivity index (χ1) is 13.8. The molecule has 2 heterocycles. The molecular formula is C18H22N4O5S2. The van der Waals surface area contributed by atoms with Crippen molar-refractivity contribution in [2.24, 2.45) is 5.92 Å². The molecule has 1 aromatic heterocycles. The van der Waals surface area contributed by atoms with Crippen molar-refractivity contribution in [3.63, 3.8) is 0 Å². The molecule has 1 saturated heterocycles. The first kappa shape index (κ1) is 21.3. The number of rotatable bonds is 6. The highest BCUT2D eigenvalue weighted by Gasteiger charge is 2.28. The molecule has 0 unspecified atom stereocenters. The number of carbonyl (C=O) groups excluding carboxylic acids is 2. The number of amides is 1. The van der Waals surface area contributed by atoms with Crippen molar-refractivity contribution >= 4 is 38.4 Å². The second-order valence-corrected chi connectivity index (χ2v) is 9.43. The second kappa shape index (κ2) is 8.97. The van der Waals surface area contributed by atoms with Crippen molar-refractivity contribution in [3.8, 4) is 0 Å². The number of sulfonamides is 1. The third-order valence-corrected chi connectivity index (χ3v) is 7.23. The van der Waals surface area contributed by atoms with Gasteiger partial charge in [0.05, 0.1) is 11.5 Å². The summed E-state index contributed by atoms with van der Waals surface area (Å²) in [4.78, 5) is 24.4. The van der Waals surface area contributed by atoms with E-state index in [1.165, 1.54) is 28.6 Å². The number of aromatic nitrogens is 2. The third kappa shape index (κ3) is 4.80. The topological polar surface area (TPSA) is 119 Å². The summed E-state index contributed by atoms with van der Waals surface area (Å²) in [7, 11) is -3.58. The maximum absolute atomic E-state index is 12.8. The van der Waals surface area contributed by atoms with Gasteiger partial charge in [0.25, 0.3) is 5.91 Å². The number of hydrogen-bond acceptors (Lipinski definition) is 8. The van der Waals surface area contributed by atoms with Crippen LogP contribution in [0.15, 0.2) is 29.2 Å². The molecule has 1 N–H and O–H groups in total. The molecule has 2 aromatic rings. The van der Waals surface area contributed by atoms with Gasteiger partial charge in [-0.3, -0.25) is 4.79 Å². The number of esters is 1. The van der Waals surface area contributed by atoms with Crippen LogP contribution in [0.2, 0.25) is 0 Å². The number of hydrogen-bond donors (Lipinski definition) is 1. The first-order valence-electron chi connectivity index (χ1n) is 9.24. The summed E-state index contributed by atoms with van der Waals surface area (Å²) in [6.07, 6.45) is 1.68. The lowest BCUT2D eigenvalue weighted by Gasteiger charge is -2.29. The highest BCUT2D eigenvalue weighted by atomic mass is 32.2. The largest absolute Gasteiger partial charge is 0.461 e.